The Bertz CT molecular complexity index is 2460. The number of rotatable bonds is 22. The van der Waals surface area contributed by atoms with E-state index in [1.807, 2.05) is 55.5 Å². The first-order chi connectivity index (χ1) is 32.2. The van der Waals surface area contributed by atoms with E-state index in [2.05, 4.69) is 17.4 Å². The number of carboxylic acid groups (broad SMARTS) is 1. The van der Waals surface area contributed by atoms with Crippen molar-refractivity contribution in [2.24, 2.45) is 18.5 Å². The summed E-state index contributed by atoms with van der Waals surface area (Å²) in [5.41, 5.74) is 19.1. The van der Waals surface area contributed by atoms with E-state index in [9.17, 15) is 28.8 Å². The van der Waals surface area contributed by atoms with Crippen molar-refractivity contribution in [1.82, 2.24) is 19.4 Å². The van der Waals surface area contributed by atoms with Crippen LogP contribution < -0.4 is 27.4 Å². The lowest BCUT2D eigenvalue weighted by Crippen LogP contribution is -2.58. The Hall–Kier alpha value is -6.21. The summed E-state index contributed by atoms with van der Waals surface area (Å²) >= 11 is 0. The maximum Gasteiger partial charge on any atom is 0.329 e. The number of ether oxygens (including phenoxy) is 3. The smallest absolute Gasteiger partial charge is 0.329 e. The maximum atomic E-state index is 13.6. The molecule has 7 rings (SSSR count). The van der Waals surface area contributed by atoms with Crippen molar-refractivity contribution in [1.29, 1.82) is 0 Å². The van der Waals surface area contributed by atoms with Crippen molar-refractivity contribution in [2.45, 2.75) is 121 Å². The second-order valence-electron chi connectivity index (χ2n) is 17.4. The number of carbonyl (C=O) groups excluding carboxylic acids is 5. The number of aliphatic carboxylic acids is 1. The van der Waals surface area contributed by atoms with E-state index in [0.717, 1.165) is 72.5 Å². The van der Waals surface area contributed by atoms with Crippen LogP contribution in [-0.4, -0.2) is 106 Å². The van der Waals surface area contributed by atoms with Crippen molar-refractivity contribution in [3.8, 4) is 0 Å². The van der Waals surface area contributed by atoms with E-state index in [1.165, 1.54) is 10.1 Å². The first-order valence-electron chi connectivity index (χ1n) is 23.0. The van der Waals surface area contributed by atoms with Crippen LogP contribution in [0.2, 0.25) is 0 Å². The van der Waals surface area contributed by atoms with Gasteiger partial charge in [-0.1, -0.05) is 48.5 Å². The van der Waals surface area contributed by atoms with Crippen LogP contribution in [0.1, 0.15) is 92.7 Å². The van der Waals surface area contributed by atoms with E-state index < -0.39 is 48.2 Å². The van der Waals surface area contributed by atoms with Crippen molar-refractivity contribution >= 4 is 52.7 Å². The summed E-state index contributed by atoms with van der Waals surface area (Å²) in [6.07, 6.45) is 5.46. The molecular weight excluding hydrogens is 863 g/mol. The Labute approximate surface area is 389 Å². The predicted molar refractivity (Wildman–Crippen MR) is 249 cm³/mol. The Balaban J connectivity index is 0.00000178. The highest BCUT2D eigenvalue weighted by Crippen LogP contribution is 2.40. The van der Waals surface area contributed by atoms with Crippen LogP contribution >= 0.6 is 0 Å². The third-order valence-electron chi connectivity index (χ3n) is 12.6. The summed E-state index contributed by atoms with van der Waals surface area (Å²) in [6.45, 7) is 5.42. The fraction of sp³-hybridized carbons (Fsp3) is 0.490. The number of hydrogen-bond acceptors (Lipinski definition) is 11. The first kappa shape index (κ1) is 50.2. The van der Waals surface area contributed by atoms with Gasteiger partial charge in [-0.15, -0.1) is 0 Å². The standard InChI is InChI=1S/C47H59N7O9.C2H4O2/c1-30(37(18-20-41(49)56)52(29-55)43-27-35-9-3-8-34-15-16-36(48)46(59)54(43)44(34)35)63-28-33-12-10-31(11-13-33)6-4-22-61-24-25-62-23-5-7-32-14-17-38-40(26-32)51(2)47(60)53(38)39-19-21-42(57)50-45(39)58;1-2(3)4/h3,8-14,17,26,29-30,36-37,39,43H,4-7,15-16,18-25,27-28,48H2,1-2H3,(H2,49,56)(H,50,57,58);1H3,(H,3,4)/t30-,36+,37+,39?,43+;/m1./s1. The molecule has 4 aromatic rings. The number of aromatic nitrogens is 2. The van der Waals surface area contributed by atoms with Crippen LogP contribution in [0.25, 0.3) is 11.0 Å². The molecule has 3 aliphatic rings. The molecule has 0 spiro atoms. The fourth-order valence-corrected chi connectivity index (χ4v) is 9.17. The highest BCUT2D eigenvalue weighted by Gasteiger charge is 2.44. The number of para-hydroxylation sites is 1. The SMILES string of the molecule is CC(=O)O.C[C@@H](OCc1ccc(CCCOCCOCCCc2ccc3c(c2)n(C)c(=O)n3C2CCC(=O)NC2=O)cc1)[C@H](CCC(N)=O)N(C=O)[C@@H]1Cc2cccc3c2N1C(=O)[C@@H](N)CC3. The molecule has 0 aliphatic carbocycles. The van der Waals surface area contributed by atoms with Crippen LogP contribution in [0, 0.1) is 0 Å². The molecule has 1 saturated heterocycles. The number of imide groups is 1. The number of aryl methyl sites for hydroxylation is 4. The molecule has 67 heavy (non-hydrogen) atoms. The molecule has 18 heteroatoms. The average molecular weight is 926 g/mol. The number of nitrogens with zero attached hydrogens (tertiary/aromatic N) is 4. The zero-order valence-electron chi connectivity index (χ0n) is 38.5. The number of nitrogens with two attached hydrogens (primary N) is 2. The maximum absolute atomic E-state index is 13.6. The Morgan fingerprint density at radius 1 is 0.896 bits per heavy atom. The van der Waals surface area contributed by atoms with Gasteiger partial charge in [0.1, 0.15) is 12.2 Å². The van der Waals surface area contributed by atoms with E-state index in [-0.39, 0.29) is 36.8 Å². The Morgan fingerprint density at radius 3 is 2.19 bits per heavy atom. The molecular formula is C49H63N7O11. The number of carboxylic acids is 1. The van der Waals surface area contributed by atoms with E-state index >= 15 is 0 Å². The topological polar surface area (TPSA) is 248 Å². The van der Waals surface area contributed by atoms with Crippen molar-refractivity contribution in [3.05, 3.63) is 99.0 Å². The Morgan fingerprint density at radius 2 is 1.54 bits per heavy atom. The second-order valence-corrected chi connectivity index (χ2v) is 17.4. The Kier molecular flexibility index (Phi) is 17.6. The molecule has 6 N–H and O–H groups in total. The van der Waals surface area contributed by atoms with Gasteiger partial charge in [-0.3, -0.25) is 48.1 Å². The largest absolute Gasteiger partial charge is 0.481 e. The molecule has 3 aromatic carbocycles. The summed E-state index contributed by atoms with van der Waals surface area (Å²) in [5.74, 6) is -2.29. The second kappa shape index (κ2) is 23.5. The van der Waals surface area contributed by atoms with E-state index in [4.69, 9.17) is 35.6 Å². The van der Waals surface area contributed by atoms with Crippen LogP contribution in [0.3, 0.4) is 0 Å². The molecule has 5 atom stereocenters. The molecule has 18 nitrogen and oxygen atoms in total. The molecule has 0 bridgehead atoms. The van der Waals surface area contributed by atoms with Crippen LogP contribution in [0.5, 0.6) is 0 Å². The van der Waals surface area contributed by atoms with Crippen molar-refractivity contribution in [2.75, 3.05) is 31.3 Å². The first-order valence-corrected chi connectivity index (χ1v) is 23.0. The normalized spacial score (nSPS) is 18.7. The fourth-order valence-electron chi connectivity index (χ4n) is 9.17. The lowest BCUT2D eigenvalue weighted by Gasteiger charge is -2.40. The van der Waals surface area contributed by atoms with Gasteiger partial charge < -0.3 is 35.7 Å². The number of hydrogen-bond donors (Lipinski definition) is 4. The lowest BCUT2D eigenvalue weighted by molar-refractivity contribution is -0.136. The van der Waals surface area contributed by atoms with Gasteiger partial charge in [-0.25, -0.2) is 4.79 Å². The number of anilines is 1. The minimum absolute atomic E-state index is 0.0604. The number of fused-ring (bicyclic) bond motifs is 1. The summed E-state index contributed by atoms with van der Waals surface area (Å²) in [7, 11) is 1.69. The zero-order chi connectivity index (χ0) is 48.2. The van der Waals surface area contributed by atoms with Crippen molar-refractivity contribution < 1.29 is 48.1 Å². The van der Waals surface area contributed by atoms with Gasteiger partial charge in [-0.2, -0.15) is 0 Å². The number of nitrogens with one attached hydrogen (secondary N) is 1. The van der Waals surface area contributed by atoms with Gasteiger partial charge >= 0.3 is 5.69 Å². The third kappa shape index (κ3) is 12.6. The lowest BCUT2D eigenvalue weighted by atomic mass is 10.0. The van der Waals surface area contributed by atoms with E-state index in [0.29, 0.717) is 64.2 Å². The summed E-state index contributed by atoms with van der Waals surface area (Å²) in [5, 5.41) is 9.76. The molecule has 1 fully saturated rings. The van der Waals surface area contributed by atoms with Crippen LogP contribution in [0.15, 0.2) is 65.5 Å². The minimum atomic E-state index is -0.833. The van der Waals surface area contributed by atoms with Gasteiger partial charge in [0, 0.05) is 46.4 Å². The summed E-state index contributed by atoms with van der Waals surface area (Å²) in [6, 6.07) is 18.1. The van der Waals surface area contributed by atoms with Crippen LogP contribution in [-0.2, 0) is 82.3 Å². The van der Waals surface area contributed by atoms with Gasteiger partial charge in [-0.05, 0) is 98.2 Å². The molecule has 5 amide bonds. The number of piperidine rings is 1. The predicted octanol–water partition coefficient (Wildman–Crippen LogP) is 3.19. The molecule has 360 valence electrons. The molecule has 0 radical (unpaired) electrons. The minimum Gasteiger partial charge on any atom is -0.481 e. The highest BCUT2D eigenvalue weighted by atomic mass is 16.5. The van der Waals surface area contributed by atoms with Crippen molar-refractivity contribution in [3.63, 3.8) is 0 Å². The average Bonchev–Trinajstić information content (AvgIpc) is 3.76. The third-order valence-corrected chi connectivity index (χ3v) is 12.6. The van der Waals surface area contributed by atoms with E-state index in [1.54, 1.807) is 21.4 Å². The number of primary amides is 1. The van der Waals surface area contributed by atoms with Gasteiger partial charge in [0.2, 0.25) is 30.0 Å². The van der Waals surface area contributed by atoms with Gasteiger partial charge in [0.15, 0.2) is 0 Å². The molecule has 1 aromatic heterocycles. The number of carbonyl (C=O) groups is 6. The zero-order valence-corrected chi connectivity index (χ0v) is 38.5. The van der Waals surface area contributed by atoms with Gasteiger partial charge in [0.25, 0.3) is 5.97 Å². The molecule has 0 saturated carbocycles. The number of amides is 5. The van der Waals surface area contributed by atoms with Crippen LogP contribution in [0.4, 0.5) is 5.69 Å². The molecule has 3 aliphatic heterocycles. The number of benzene rings is 3. The van der Waals surface area contributed by atoms with Gasteiger partial charge in [0.05, 0.1) is 54.7 Å². The summed E-state index contributed by atoms with van der Waals surface area (Å²) < 4.78 is 21.0. The summed E-state index contributed by atoms with van der Waals surface area (Å²) in [4.78, 5) is 87.8. The highest BCUT2D eigenvalue weighted by molar-refractivity contribution is 6.01. The molecule has 1 unspecified atom stereocenters. The molecule has 4 heterocycles. The quantitative estimate of drug-likeness (QED) is 0.0505. The monoisotopic (exact) mass is 925 g/mol. The number of imidazole rings is 1.